The lowest BCUT2D eigenvalue weighted by molar-refractivity contribution is -0.0512. The Labute approximate surface area is 132 Å². The number of halogens is 2. The largest absolute Gasteiger partial charge is 0.493 e. The number of anilines is 1. The minimum atomic E-state index is -2.92. The molecule has 0 aromatic heterocycles. The number of hydrogen-bond acceptors (Lipinski definition) is 3. The average Bonchev–Trinajstić information content (AvgIpc) is 2.53. The molecule has 0 saturated carbocycles. The van der Waals surface area contributed by atoms with E-state index in [2.05, 4.69) is 15.0 Å². The van der Waals surface area contributed by atoms with Crippen molar-refractivity contribution in [2.24, 2.45) is 10.7 Å². The predicted molar refractivity (Wildman–Crippen MR) is 85.0 cm³/mol. The summed E-state index contributed by atoms with van der Waals surface area (Å²) in [7, 11) is 1.38. The first-order valence-corrected chi connectivity index (χ1v) is 6.82. The molecule has 0 aliphatic rings. The van der Waals surface area contributed by atoms with Crippen LogP contribution in [-0.4, -0.2) is 19.7 Å². The Kier molecular flexibility index (Phi) is 5.74. The fourth-order valence-corrected chi connectivity index (χ4v) is 1.89. The molecule has 0 bridgehead atoms. The highest BCUT2D eigenvalue weighted by atomic mass is 19.3. The van der Waals surface area contributed by atoms with E-state index in [1.54, 1.807) is 12.1 Å². The number of benzene rings is 2. The highest BCUT2D eigenvalue weighted by Gasteiger charge is 2.11. The van der Waals surface area contributed by atoms with Gasteiger partial charge in [0.05, 0.1) is 13.7 Å². The van der Waals surface area contributed by atoms with E-state index in [0.717, 1.165) is 5.69 Å². The van der Waals surface area contributed by atoms with Gasteiger partial charge in [-0.15, -0.1) is 0 Å². The molecule has 2 aromatic rings. The maximum absolute atomic E-state index is 12.4. The molecule has 0 atom stereocenters. The Morgan fingerprint density at radius 1 is 1.17 bits per heavy atom. The molecular weight excluding hydrogens is 304 g/mol. The Balaban J connectivity index is 2.05. The van der Waals surface area contributed by atoms with Crippen molar-refractivity contribution in [3.05, 3.63) is 54.1 Å². The molecule has 0 fully saturated rings. The maximum Gasteiger partial charge on any atom is 0.387 e. The van der Waals surface area contributed by atoms with Gasteiger partial charge in [-0.05, 0) is 29.8 Å². The van der Waals surface area contributed by atoms with Crippen molar-refractivity contribution in [3.63, 3.8) is 0 Å². The van der Waals surface area contributed by atoms with E-state index in [9.17, 15) is 8.78 Å². The topological polar surface area (TPSA) is 68.9 Å². The third-order valence-electron chi connectivity index (χ3n) is 2.92. The Hall–Kier alpha value is -2.83. The number of para-hydroxylation sites is 1. The monoisotopic (exact) mass is 321 g/mol. The zero-order valence-corrected chi connectivity index (χ0v) is 12.5. The van der Waals surface area contributed by atoms with Crippen molar-refractivity contribution in [1.82, 2.24) is 0 Å². The number of nitrogens with two attached hydrogens (primary N) is 1. The second kappa shape index (κ2) is 7.98. The summed E-state index contributed by atoms with van der Waals surface area (Å²) in [6, 6.07) is 14.0. The molecule has 0 unspecified atom stereocenters. The Morgan fingerprint density at radius 2 is 1.91 bits per heavy atom. The van der Waals surface area contributed by atoms with Crippen LogP contribution >= 0.6 is 0 Å². The highest BCUT2D eigenvalue weighted by molar-refractivity contribution is 5.92. The van der Waals surface area contributed by atoms with Crippen molar-refractivity contribution in [1.29, 1.82) is 0 Å². The molecule has 0 spiro atoms. The lowest BCUT2D eigenvalue weighted by Crippen LogP contribution is -2.22. The molecule has 0 heterocycles. The van der Waals surface area contributed by atoms with E-state index in [-0.39, 0.29) is 24.0 Å². The minimum absolute atomic E-state index is 0.0372. The second-order valence-electron chi connectivity index (χ2n) is 4.56. The van der Waals surface area contributed by atoms with Crippen LogP contribution in [0.1, 0.15) is 5.56 Å². The molecule has 2 aromatic carbocycles. The Bertz CT molecular complexity index is 664. The van der Waals surface area contributed by atoms with Gasteiger partial charge in [-0.2, -0.15) is 8.78 Å². The molecule has 5 nitrogen and oxygen atoms in total. The van der Waals surface area contributed by atoms with Gasteiger partial charge in [0.2, 0.25) is 0 Å². The fourth-order valence-electron chi connectivity index (χ4n) is 1.89. The van der Waals surface area contributed by atoms with Gasteiger partial charge in [0.25, 0.3) is 0 Å². The van der Waals surface area contributed by atoms with Crippen molar-refractivity contribution in [3.8, 4) is 11.5 Å². The van der Waals surface area contributed by atoms with Gasteiger partial charge >= 0.3 is 6.61 Å². The molecule has 7 heteroatoms. The normalized spacial score (nSPS) is 11.4. The molecule has 122 valence electrons. The van der Waals surface area contributed by atoms with Gasteiger partial charge in [0.1, 0.15) is 0 Å². The first-order valence-electron chi connectivity index (χ1n) is 6.82. The summed E-state index contributed by atoms with van der Waals surface area (Å²) < 4.78 is 34.2. The predicted octanol–water partition coefficient (Wildman–Crippen LogP) is 3.22. The summed E-state index contributed by atoms with van der Waals surface area (Å²) in [5.74, 6) is 0.418. The third kappa shape index (κ3) is 5.14. The van der Waals surface area contributed by atoms with Crippen LogP contribution in [0, 0.1) is 0 Å². The average molecular weight is 321 g/mol. The number of methoxy groups -OCH3 is 1. The van der Waals surface area contributed by atoms with Crippen LogP contribution in [-0.2, 0) is 6.54 Å². The summed E-state index contributed by atoms with van der Waals surface area (Å²) in [5.41, 5.74) is 7.27. The van der Waals surface area contributed by atoms with Gasteiger partial charge in [-0.25, -0.2) is 4.99 Å². The number of guanidine groups is 1. The molecule has 0 radical (unpaired) electrons. The molecule has 3 N–H and O–H groups in total. The summed E-state index contributed by atoms with van der Waals surface area (Å²) in [5, 5.41) is 2.93. The zero-order valence-electron chi connectivity index (χ0n) is 12.5. The van der Waals surface area contributed by atoms with Gasteiger partial charge in [-0.3, -0.25) is 0 Å². The summed E-state index contributed by atoms with van der Waals surface area (Å²) in [6.07, 6.45) is 0. The number of nitrogens with one attached hydrogen (secondary N) is 1. The van der Waals surface area contributed by atoms with Gasteiger partial charge < -0.3 is 20.5 Å². The van der Waals surface area contributed by atoms with Crippen LogP contribution in [0.15, 0.2) is 53.5 Å². The number of nitrogens with zero attached hydrogens (tertiary/aromatic N) is 1. The molecular formula is C16H17F2N3O2. The maximum atomic E-state index is 12.4. The van der Waals surface area contributed by atoms with E-state index >= 15 is 0 Å². The smallest absolute Gasteiger partial charge is 0.387 e. The van der Waals surface area contributed by atoms with Crippen molar-refractivity contribution in [2.45, 2.75) is 13.2 Å². The number of ether oxygens (including phenoxy) is 2. The van der Waals surface area contributed by atoms with Gasteiger partial charge in [0, 0.05) is 5.69 Å². The molecule has 0 aliphatic heterocycles. The van der Waals surface area contributed by atoms with Crippen LogP contribution in [0.25, 0.3) is 0 Å². The minimum Gasteiger partial charge on any atom is -0.493 e. The van der Waals surface area contributed by atoms with E-state index in [1.807, 2.05) is 30.3 Å². The Morgan fingerprint density at radius 3 is 2.57 bits per heavy atom. The van der Waals surface area contributed by atoms with E-state index in [4.69, 9.17) is 10.5 Å². The molecule has 2 rings (SSSR count). The third-order valence-corrected chi connectivity index (χ3v) is 2.92. The van der Waals surface area contributed by atoms with Crippen LogP contribution < -0.4 is 20.5 Å². The molecule has 23 heavy (non-hydrogen) atoms. The first-order chi connectivity index (χ1) is 11.1. The van der Waals surface area contributed by atoms with Crippen LogP contribution in [0.3, 0.4) is 0 Å². The summed E-state index contributed by atoms with van der Waals surface area (Å²) >= 11 is 0. The zero-order chi connectivity index (χ0) is 16.7. The lowest BCUT2D eigenvalue weighted by atomic mass is 10.2. The van der Waals surface area contributed by atoms with E-state index in [1.165, 1.54) is 13.2 Å². The van der Waals surface area contributed by atoms with Gasteiger partial charge in [0.15, 0.2) is 17.5 Å². The van der Waals surface area contributed by atoms with E-state index in [0.29, 0.717) is 5.56 Å². The van der Waals surface area contributed by atoms with Crippen LogP contribution in [0.4, 0.5) is 14.5 Å². The summed E-state index contributed by atoms with van der Waals surface area (Å²) in [6.45, 7) is -2.71. The molecule has 0 aliphatic carbocycles. The SMILES string of the molecule is COc1ccc(CN=C(N)Nc2ccccc2)cc1OC(F)F. The first kappa shape index (κ1) is 16.5. The number of alkyl halides is 2. The number of rotatable bonds is 6. The van der Waals surface area contributed by atoms with Crippen molar-refractivity contribution in [2.75, 3.05) is 12.4 Å². The fraction of sp³-hybridized carbons (Fsp3) is 0.188. The van der Waals surface area contributed by atoms with Gasteiger partial charge in [-0.1, -0.05) is 24.3 Å². The highest BCUT2D eigenvalue weighted by Crippen LogP contribution is 2.29. The summed E-state index contributed by atoms with van der Waals surface area (Å²) in [4.78, 5) is 4.16. The number of hydrogen-bond donors (Lipinski definition) is 2. The number of aliphatic imine (C=N–C) groups is 1. The van der Waals surface area contributed by atoms with Crippen molar-refractivity contribution >= 4 is 11.6 Å². The second-order valence-corrected chi connectivity index (χ2v) is 4.56. The van der Waals surface area contributed by atoms with E-state index < -0.39 is 6.61 Å². The molecule has 0 amide bonds. The van der Waals surface area contributed by atoms with Crippen LogP contribution in [0.5, 0.6) is 11.5 Å². The standard InChI is InChI=1S/C16H17F2N3O2/c1-22-13-8-7-11(9-14(13)23-15(17)18)10-20-16(19)21-12-5-3-2-4-6-12/h2-9,15H,10H2,1H3,(H3,19,20,21). The molecule has 0 saturated heterocycles. The lowest BCUT2D eigenvalue weighted by Gasteiger charge is -2.11. The van der Waals surface area contributed by atoms with Crippen molar-refractivity contribution < 1.29 is 18.3 Å². The van der Waals surface area contributed by atoms with Crippen LogP contribution in [0.2, 0.25) is 0 Å². The quantitative estimate of drug-likeness (QED) is 0.633.